The van der Waals surface area contributed by atoms with Gasteiger partial charge in [0.1, 0.15) is 24.4 Å². The molecule has 220 valence electrons. The number of hydrogen-bond donors (Lipinski definition) is 13. The Balaban J connectivity index is -0.000000484. The lowest BCUT2D eigenvalue weighted by Gasteiger charge is -2.22. The first-order chi connectivity index (χ1) is 17.1. The average molecular weight is 564 g/mol. The molecule has 0 aromatic rings. The molecule has 20 heteroatoms. The van der Waals surface area contributed by atoms with Crippen LogP contribution in [0.15, 0.2) is 0 Å². The van der Waals surface area contributed by atoms with Gasteiger partial charge in [0.25, 0.3) is 0 Å². The molecule has 0 aliphatic heterocycles. The molecular formula is C18H28O20. The largest absolute Gasteiger partial charge is 0.481 e. The molecule has 13 N–H and O–H groups in total. The van der Waals surface area contributed by atoms with Crippen LogP contribution >= 0.6 is 0 Å². The zero-order valence-corrected chi connectivity index (χ0v) is 19.1. The summed E-state index contributed by atoms with van der Waals surface area (Å²) in [6.45, 7) is -0.760. The molecule has 38 heavy (non-hydrogen) atoms. The van der Waals surface area contributed by atoms with Gasteiger partial charge in [-0.2, -0.15) is 0 Å². The van der Waals surface area contributed by atoms with E-state index in [-0.39, 0.29) is 6.29 Å². The van der Waals surface area contributed by atoms with E-state index in [0.717, 1.165) is 0 Å². The van der Waals surface area contributed by atoms with E-state index in [4.69, 9.17) is 66.4 Å². The van der Waals surface area contributed by atoms with Crippen molar-refractivity contribution in [3.05, 3.63) is 0 Å². The number of hydrogen-bond acceptors (Lipinski definition) is 14. The predicted octanol–water partition coefficient (Wildman–Crippen LogP) is -5.88. The van der Waals surface area contributed by atoms with Crippen molar-refractivity contribution in [2.24, 2.45) is 0 Å². The number of aliphatic carboxylic acids is 6. The zero-order valence-electron chi connectivity index (χ0n) is 19.1. The van der Waals surface area contributed by atoms with E-state index in [1.54, 1.807) is 0 Å². The van der Waals surface area contributed by atoms with Gasteiger partial charge in [-0.05, 0) is 0 Å². The number of carbonyl (C=O) groups excluding carboxylic acids is 1. The number of aldehydes is 1. The summed E-state index contributed by atoms with van der Waals surface area (Å²) in [4.78, 5) is 70.9. The SMILES string of the molecule is O=C(O)CC(O)(CC(=O)O)C(=O)O.O=C(O)CC(O)(CC(=O)O)C(=O)O.O=CC(O)C(O)C(O)C(O)CO. The normalized spacial score (nSPS) is 14.1. The summed E-state index contributed by atoms with van der Waals surface area (Å²) in [5, 5.41) is 111. The van der Waals surface area contributed by atoms with Crippen LogP contribution in [0.4, 0.5) is 0 Å². The molecule has 0 fully saturated rings. The standard InChI is InChI=1S/2C6H8O7.C6H12O6/c2*7-3(8)1-6(13,5(11)12)2-4(9)10;7-1-3(9)5(11)6(12)4(10)2-8/h2*13H,1-2H2,(H,7,8)(H,9,10)(H,11,12);1,3-6,8-12H,2H2. The van der Waals surface area contributed by atoms with Crippen molar-refractivity contribution in [3.8, 4) is 0 Å². The van der Waals surface area contributed by atoms with Crippen molar-refractivity contribution in [1.29, 1.82) is 0 Å². The van der Waals surface area contributed by atoms with Gasteiger partial charge in [0.15, 0.2) is 17.5 Å². The second-order valence-corrected chi connectivity index (χ2v) is 7.31. The number of rotatable bonds is 15. The zero-order chi connectivity index (χ0) is 31.0. The average Bonchev–Trinajstić information content (AvgIpc) is 2.75. The number of carboxylic acid groups (broad SMARTS) is 6. The molecule has 0 aromatic carbocycles. The van der Waals surface area contributed by atoms with Crippen LogP contribution in [0.3, 0.4) is 0 Å². The molecule has 0 radical (unpaired) electrons. The van der Waals surface area contributed by atoms with Gasteiger partial charge in [0.2, 0.25) is 0 Å². The van der Waals surface area contributed by atoms with Gasteiger partial charge >= 0.3 is 35.8 Å². The fourth-order valence-electron chi connectivity index (χ4n) is 2.05. The topological polar surface area (TPSA) is 382 Å². The van der Waals surface area contributed by atoms with E-state index in [2.05, 4.69) is 0 Å². The molecule has 0 saturated heterocycles. The van der Waals surface area contributed by atoms with Crippen molar-refractivity contribution in [1.82, 2.24) is 0 Å². The Hall–Kier alpha value is -3.79. The van der Waals surface area contributed by atoms with Gasteiger partial charge in [-0.15, -0.1) is 0 Å². The molecule has 0 spiro atoms. The quantitative estimate of drug-likeness (QED) is 0.0823. The molecule has 0 saturated carbocycles. The molecule has 4 atom stereocenters. The lowest BCUT2D eigenvalue weighted by molar-refractivity contribution is -0.170. The van der Waals surface area contributed by atoms with Gasteiger partial charge in [0.05, 0.1) is 32.3 Å². The van der Waals surface area contributed by atoms with Crippen molar-refractivity contribution in [3.63, 3.8) is 0 Å². The molecule has 0 bridgehead atoms. The Morgan fingerprint density at radius 2 is 0.842 bits per heavy atom. The van der Waals surface area contributed by atoms with Crippen LogP contribution < -0.4 is 0 Å². The number of aliphatic hydroxyl groups is 7. The van der Waals surface area contributed by atoms with E-state index in [0.29, 0.717) is 0 Å². The smallest absolute Gasteiger partial charge is 0.336 e. The lowest BCUT2D eigenvalue weighted by Crippen LogP contribution is -2.46. The fourth-order valence-corrected chi connectivity index (χ4v) is 2.05. The Morgan fingerprint density at radius 3 is 1.00 bits per heavy atom. The first-order valence-electron chi connectivity index (χ1n) is 9.67. The third kappa shape index (κ3) is 16.1. The third-order valence-electron chi connectivity index (χ3n) is 3.99. The van der Waals surface area contributed by atoms with Gasteiger partial charge in [-0.25, -0.2) is 9.59 Å². The summed E-state index contributed by atoms with van der Waals surface area (Å²) in [5.41, 5.74) is -5.48. The first kappa shape index (κ1) is 38.7. The Bertz CT molecular complexity index is 752. The number of carboxylic acids is 6. The van der Waals surface area contributed by atoms with Crippen molar-refractivity contribution >= 4 is 42.1 Å². The van der Waals surface area contributed by atoms with Crippen molar-refractivity contribution in [2.45, 2.75) is 61.3 Å². The lowest BCUT2D eigenvalue weighted by atomic mass is 9.96. The summed E-state index contributed by atoms with van der Waals surface area (Å²) in [7, 11) is 0. The van der Waals surface area contributed by atoms with E-state index >= 15 is 0 Å². The van der Waals surface area contributed by atoms with Crippen LogP contribution in [-0.2, 0) is 33.6 Å². The van der Waals surface area contributed by atoms with Gasteiger partial charge in [0, 0.05) is 0 Å². The highest BCUT2D eigenvalue weighted by Crippen LogP contribution is 2.16. The predicted molar refractivity (Wildman–Crippen MR) is 111 cm³/mol. The molecule has 20 nitrogen and oxygen atoms in total. The van der Waals surface area contributed by atoms with Crippen LogP contribution in [0.25, 0.3) is 0 Å². The molecule has 0 amide bonds. The maximum atomic E-state index is 10.3. The summed E-state index contributed by atoms with van der Waals surface area (Å²) >= 11 is 0. The van der Waals surface area contributed by atoms with E-state index in [1.165, 1.54) is 0 Å². The van der Waals surface area contributed by atoms with E-state index < -0.39 is 104 Å². The highest BCUT2D eigenvalue weighted by Gasteiger charge is 2.41. The second-order valence-electron chi connectivity index (χ2n) is 7.31. The minimum absolute atomic E-state index is 0.0258. The second kappa shape index (κ2) is 17.6. The maximum Gasteiger partial charge on any atom is 0.336 e. The fraction of sp³-hybridized carbons (Fsp3) is 0.611. The molecule has 4 unspecified atom stereocenters. The van der Waals surface area contributed by atoms with Crippen molar-refractivity contribution < 1.29 is 99.9 Å². The van der Waals surface area contributed by atoms with Gasteiger partial charge in [-0.3, -0.25) is 19.2 Å². The highest BCUT2D eigenvalue weighted by atomic mass is 16.4. The van der Waals surface area contributed by atoms with E-state index in [9.17, 15) is 33.6 Å². The van der Waals surface area contributed by atoms with Crippen LogP contribution in [-0.4, -0.2) is 151 Å². The van der Waals surface area contributed by atoms with Crippen LogP contribution in [0.5, 0.6) is 0 Å². The molecule has 0 aliphatic rings. The minimum atomic E-state index is -2.74. The Labute approximate surface area is 210 Å². The number of carbonyl (C=O) groups is 7. The molecule has 0 heterocycles. The maximum absolute atomic E-state index is 10.3. The van der Waals surface area contributed by atoms with Crippen molar-refractivity contribution in [2.75, 3.05) is 6.61 Å². The summed E-state index contributed by atoms with van der Waals surface area (Å²) in [6, 6.07) is 0. The van der Waals surface area contributed by atoms with Gasteiger partial charge in [-0.1, -0.05) is 0 Å². The number of aliphatic hydroxyl groups excluding tert-OH is 5. The van der Waals surface area contributed by atoms with E-state index in [1.807, 2.05) is 0 Å². The summed E-state index contributed by atoms with van der Waals surface area (Å²) < 4.78 is 0. The molecule has 0 aliphatic carbocycles. The van der Waals surface area contributed by atoms with Gasteiger partial charge < -0.3 is 71.2 Å². The minimum Gasteiger partial charge on any atom is -0.481 e. The summed E-state index contributed by atoms with van der Waals surface area (Å²) in [6.07, 6.45) is -11.4. The first-order valence-corrected chi connectivity index (χ1v) is 9.67. The van der Waals surface area contributed by atoms with Crippen LogP contribution in [0.2, 0.25) is 0 Å². The Morgan fingerprint density at radius 1 is 0.579 bits per heavy atom. The molecule has 0 rings (SSSR count). The monoisotopic (exact) mass is 564 g/mol. The summed E-state index contributed by atoms with van der Waals surface area (Å²) in [5.74, 6) is -10.0. The third-order valence-corrected chi connectivity index (χ3v) is 3.99. The molecule has 0 aromatic heterocycles. The van der Waals surface area contributed by atoms with Crippen LogP contribution in [0.1, 0.15) is 25.7 Å². The molecular weight excluding hydrogens is 536 g/mol. The van der Waals surface area contributed by atoms with Crippen LogP contribution in [0, 0.1) is 0 Å². The Kier molecular flexibility index (Phi) is 18.0. The highest BCUT2D eigenvalue weighted by molar-refractivity contribution is 5.88.